The number of benzene rings is 1. The number of pyridine rings is 1. The fourth-order valence-corrected chi connectivity index (χ4v) is 4.87. The van der Waals surface area contributed by atoms with E-state index in [0.29, 0.717) is 50.3 Å². The van der Waals surface area contributed by atoms with E-state index in [1.807, 2.05) is 36.6 Å². The molecule has 0 unspecified atom stereocenters. The average molecular weight is 481 g/mol. The molecule has 2 aromatic heterocycles. The summed E-state index contributed by atoms with van der Waals surface area (Å²) in [5.74, 6) is 0.0194. The van der Waals surface area contributed by atoms with E-state index in [1.54, 1.807) is 26.9 Å². The highest BCUT2D eigenvalue weighted by atomic mass is 32.1. The highest BCUT2D eigenvalue weighted by molar-refractivity contribution is 7.07. The number of nitrogens with zero attached hydrogens (tertiary/aromatic N) is 4. The van der Waals surface area contributed by atoms with Gasteiger partial charge in [0.05, 0.1) is 31.3 Å². The maximum absolute atomic E-state index is 13.5. The molecule has 0 aliphatic carbocycles. The molecule has 34 heavy (non-hydrogen) atoms. The van der Waals surface area contributed by atoms with Crippen molar-refractivity contribution in [3.8, 4) is 5.75 Å². The highest BCUT2D eigenvalue weighted by Gasteiger charge is 2.28. The van der Waals surface area contributed by atoms with E-state index < -0.39 is 0 Å². The predicted molar refractivity (Wildman–Crippen MR) is 130 cm³/mol. The number of carbonyl (C=O) groups excluding carboxylic acids is 2. The summed E-state index contributed by atoms with van der Waals surface area (Å²) in [6.45, 7) is 3.51. The Morgan fingerprint density at radius 2 is 2.03 bits per heavy atom. The Kier molecular flexibility index (Phi) is 7.12. The molecule has 0 saturated carbocycles. The minimum Gasteiger partial charge on any atom is -0.496 e. The van der Waals surface area contributed by atoms with Crippen molar-refractivity contribution in [2.45, 2.75) is 32.9 Å². The van der Waals surface area contributed by atoms with Gasteiger partial charge in [0.15, 0.2) is 0 Å². The number of hydrogen-bond donors (Lipinski definition) is 0. The highest BCUT2D eigenvalue weighted by Crippen LogP contribution is 2.25. The summed E-state index contributed by atoms with van der Waals surface area (Å²) < 4.78 is 7.05. The third-order valence-electron chi connectivity index (χ3n) is 6.05. The number of methoxy groups -OCH3 is 1. The van der Waals surface area contributed by atoms with Crippen LogP contribution in [0.3, 0.4) is 0 Å². The summed E-state index contributed by atoms with van der Waals surface area (Å²) in [4.78, 5) is 46.9. The molecule has 8 nitrogen and oxygen atoms in total. The van der Waals surface area contributed by atoms with Crippen LogP contribution in [-0.2, 0) is 30.7 Å². The van der Waals surface area contributed by atoms with Crippen LogP contribution in [0, 0.1) is 6.92 Å². The van der Waals surface area contributed by atoms with Crippen LogP contribution in [-0.4, -0.2) is 58.4 Å². The van der Waals surface area contributed by atoms with Gasteiger partial charge in [0.1, 0.15) is 11.3 Å². The molecule has 0 atom stereocenters. The fraction of sp³-hybridized carbons (Fsp3) is 0.360. The normalized spacial score (nSPS) is 13.2. The van der Waals surface area contributed by atoms with E-state index in [0.717, 1.165) is 16.8 Å². The van der Waals surface area contributed by atoms with Gasteiger partial charge in [0.2, 0.25) is 5.91 Å². The van der Waals surface area contributed by atoms with E-state index in [9.17, 15) is 14.4 Å². The number of thiazole rings is 1. The number of carbonyl (C=O) groups is 2. The minimum atomic E-state index is -0.242. The number of ether oxygens (including phenoxy) is 1. The van der Waals surface area contributed by atoms with Crippen molar-refractivity contribution in [1.82, 2.24) is 19.4 Å². The first-order valence-corrected chi connectivity index (χ1v) is 12.1. The number of amides is 2. The van der Waals surface area contributed by atoms with Gasteiger partial charge < -0.3 is 19.1 Å². The molecule has 1 aliphatic heterocycles. The second-order valence-electron chi connectivity index (χ2n) is 8.46. The Morgan fingerprint density at radius 1 is 1.21 bits per heavy atom. The van der Waals surface area contributed by atoms with Crippen molar-refractivity contribution < 1.29 is 14.3 Å². The van der Waals surface area contributed by atoms with Crippen LogP contribution in [0.25, 0.3) is 0 Å². The number of rotatable bonds is 6. The first-order valence-electron chi connectivity index (χ1n) is 11.1. The molecule has 3 aromatic rings. The Hall–Kier alpha value is -3.46. The Morgan fingerprint density at radius 3 is 2.74 bits per heavy atom. The molecule has 0 N–H and O–H groups in total. The van der Waals surface area contributed by atoms with Gasteiger partial charge in [-0.3, -0.25) is 14.4 Å². The van der Waals surface area contributed by atoms with Crippen molar-refractivity contribution in [2.75, 3.05) is 27.2 Å². The molecule has 0 radical (unpaired) electrons. The lowest BCUT2D eigenvalue weighted by Crippen LogP contribution is -2.35. The minimum absolute atomic E-state index is 0.00643. The van der Waals surface area contributed by atoms with Gasteiger partial charge in [-0.05, 0) is 12.5 Å². The monoisotopic (exact) mass is 480 g/mol. The summed E-state index contributed by atoms with van der Waals surface area (Å²) >= 11 is 1.47. The molecule has 1 aromatic carbocycles. The van der Waals surface area contributed by atoms with Gasteiger partial charge in [0.25, 0.3) is 11.5 Å². The lowest BCUT2D eigenvalue weighted by molar-refractivity contribution is -0.130. The van der Waals surface area contributed by atoms with Crippen LogP contribution in [0.1, 0.15) is 32.9 Å². The van der Waals surface area contributed by atoms with Crippen molar-refractivity contribution >= 4 is 23.2 Å². The topological polar surface area (TPSA) is 84.7 Å². The average Bonchev–Trinajstić information content (AvgIpc) is 3.21. The van der Waals surface area contributed by atoms with E-state index in [4.69, 9.17) is 4.74 Å². The maximum atomic E-state index is 13.5. The maximum Gasteiger partial charge on any atom is 0.259 e. The van der Waals surface area contributed by atoms with Crippen LogP contribution < -0.4 is 10.3 Å². The zero-order valence-corrected chi connectivity index (χ0v) is 20.4. The lowest BCUT2D eigenvalue weighted by Gasteiger charge is -2.21. The summed E-state index contributed by atoms with van der Waals surface area (Å²) in [7, 11) is 3.16. The van der Waals surface area contributed by atoms with Gasteiger partial charge in [-0.2, -0.15) is 0 Å². The van der Waals surface area contributed by atoms with Crippen LogP contribution in [0.5, 0.6) is 5.75 Å². The van der Waals surface area contributed by atoms with Crippen molar-refractivity contribution in [1.29, 1.82) is 0 Å². The molecule has 0 spiro atoms. The standard InChI is InChI=1S/C25H28N4O4S/c1-17-5-4-6-18(11-17)12-22(30)28-8-7-20-24(21(33-3)13-23(31)29(20)10-9-28)25(32)27(2)14-19-15-34-16-26-19/h4-6,11,13,15-16H,7-10,12,14H2,1-3H3. The van der Waals surface area contributed by atoms with Gasteiger partial charge in [-0.15, -0.1) is 11.3 Å². The molecule has 4 rings (SSSR count). The van der Waals surface area contributed by atoms with E-state index in [2.05, 4.69) is 4.98 Å². The Bertz CT molecular complexity index is 1250. The second kappa shape index (κ2) is 10.2. The molecule has 0 saturated heterocycles. The first-order chi connectivity index (χ1) is 16.4. The molecule has 0 bridgehead atoms. The molecule has 9 heteroatoms. The Balaban J connectivity index is 1.59. The van der Waals surface area contributed by atoms with Crippen LogP contribution in [0.15, 0.2) is 46.0 Å². The SMILES string of the molecule is COc1cc(=O)n2c(c1C(=O)N(C)Cc1cscn1)CCN(C(=O)Cc1cccc(C)c1)CC2. The van der Waals surface area contributed by atoms with Gasteiger partial charge in [0, 0.05) is 50.2 Å². The second-order valence-corrected chi connectivity index (χ2v) is 9.18. The predicted octanol–water partition coefficient (Wildman–Crippen LogP) is 2.52. The molecular formula is C25H28N4O4S. The van der Waals surface area contributed by atoms with Crippen molar-refractivity contribution in [3.63, 3.8) is 0 Å². The molecular weight excluding hydrogens is 452 g/mol. The molecule has 1 aliphatic rings. The van der Waals surface area contributed by atoms with Crippen molar-refractivity contribution in [3.05, 3.63) is 79.7 Å². The van der Waals surface area contributed by atoms with Gasteiger partial charge in [-0.1, -0.05) is 29.8 Å². The van der Waals surface area contributed by atoms with Crippen LogP contribution >= 0.6 is 11.3 Å². The molecule has 0 fully saturated rings. The smallest absolute Gasteiger partial charge is 0.259 e. The van der Waals surface area contributed by atoms with Crippen molar-refractivity contribution in [2.24, 2.45) is 0 Å². The largest absolute Gasteiger partial charge is 0.496 e. The summed E-state index contributed by atoms with van der Waals surface area (Å²) in [5.41, 5.74) is 5.33. The lowest BCUT2D eigenvalue weighted by atomic mass is 10.1. The molecule has 2 amide bonds. The molecule has 3 heterocycles. The summed E-state index contributed by atoms with van der Waals surface area (Å²) in [6, 6.07) is 9.26. The third-order valence-corrected chi connectivity index (χ3v) is 6.68. The van der Waals surface area contributed by atoms with E-state index >= 15 is 0 Å². The quantitative estimate of drug-likeness (QED) is 0.541. The van der Waals surface area contributed by atoms with Crippen LogP contribution in [0.4, 0.5) is 0 Å². The Labute approximate surface area is 202 Å². The molecule has 178 valence electrons. The number of fused-ring (bicyclic) bond motifs is 1. The summed E-state index contributed by atoms with van der Waals surface area (Å²) in [6.07, 6.45) is 0.690. The van der Waals surface area contributed by atoms with Gasteiger partial charge >= 0.3 is 0 Å². The zero-order chi connectivity index (χ0) is 24.2. The number of aryl methyl sites for hydroxylation is 1. The summed E-state index contributed by atoms with van der Waals surface area (Å²) in [5, 5.41) is 1.90. The fourth-order valence-electron chi connectivity index (χ4n) is 4.32. The third kappa shape index (κ3) is 5.04. The first kappa shape index (κ1) is 23.7. The van der Waals surface area contributed by atoms with Gasteiger partial charge in [-0.25, -0.2) is 4.98 Å². The number of aromatic nitrogens is 2. The van der Waals surface area contributed by atoms with Crippen LogP contribution in [0.2, 0.25) is 0 Å². The zero-order valence-electron chi connectivity index (χ0n) is 19.6. The van der Waals surface area contributed by atoms with E-state index in [-0.39, 0.29) is 23.1 Å². The number of hydrogen-bond acceptors (Lipinski definition) is 6. The van der Waals surface area contributed by atoms with E-state index in [1.165, 1.54) is 24.5 Å².